The number of carbonyl (C=O) groups excluding carboxylic acids is 3. The number of halogens is 1. The van der Waals surface area contributed by atoms with Crippen LogP contribution in [0.1, 0.15) is 27.2 Å². The van der Waals surface area contributed by atoms with E-state index in [4.69, 9.17) is 14.7 Å². The lowest BCUT2D eigenvalue weighted by Crippen LogP contribution is -2.49. The maximum atomic E-state index is 13.0. The van der Waals surface area contributed by atoms with E-state index in [1.807, 2.05) is 0 Å². The van der Waals surface area contributed by atoms with Gasteiger partial charge in [-0.2, -0.15) is 5.26 Å². The van der Waals surface area contributed by atoms with Gasteiger partial charge in [0.1, 0.15) is 17.0 Å². The molecule has 33 heavy (non-hydrogen) atoms. The summed E-state index contributed by atoms with van der Waals surface area (Å²) in [5.41, 5.74) is 1.23. The van der Waals surface area contributed by atoms with Crippen molar-refractivity contribution >= 4 is 45.0 Å². The number of rotatable bonds is 6. The van der Waals surface area contributed by atoms with Crippen molar-refractivity contribution in [2.45, 2.75) is 24.8 Å². The quantitative estimate of drug-likeness (QED) is 0.584. The van der Waals surface area contributed by atoms with Crippen molar-refractivity contribution in [3.05, 3.63) is 56.2 Å². The minimum atomic E-state index is -1.01. The summed E-state index contributed by atoms with van der Waals surface area (Å²) in [5.74, 6) is -2.14. The molecule has 0 unspecified atom stereocenters. The number of amides is 3. The molecule has 4 rings (SSSR count). The molecule has 0 saturated carbocycles. The van der Waals surface area contributed by atoms with E-state index in [2.05, 4.69) is 32.6 Å². The summed E-state index contributed by atoms with van der Waals surface area (Å²) >= 11 is 4.62. The van der Waals surface area contributed by atoms with Gasteiger partial charge in [-0.15, -0.1) is 11.3 Å². The zero-order valence-electron chi connectivity index (χ0n) is 17.5. The molecule has 2 saturated heterocycles. The number of hydrogen-bond donors (Lipinski definition) is 2. The van der Waals surface area contributed by atoms with Gasteiger partial charge in [0.25, 0.3) is 5.91 Å². The fourth-order valence-electron chi connectivity index (χ4n) is 3.84. The Morgan fingerprint density at radius 2 is 1.94 bits per heavy atom. The molecule has 3 amide bonds. The second-order valence-corrected chi connectivity index (χ2v) is 9.51. The molecular weight excluding hydrogens is 512 g/mol. The largest absolute Gasteiger partial charge is 0.350 e. The first kappa shape index (κ1) is 23.4. The van der Waals surface area contributed by atoms with E-state index >= 15 is 0 Å². The SMILES string of the molecule is N#Cc1cc(CNC(=O)[C@@H]2CC3(CN2C(=O)CNC(=O)c2ccc(Br)cc2)OCCO3)cs1. The highest BCUT2D eigenvalue weighted by Crippen LogP contribution is 2.35. The lowest BCUT2D eigenvalue weighted by Gasteiger charge is -2.24. The van der Waals surface area contributed by atoms with E-state index in [-0.39, 0.29) is 37.9 Å². The molecule has 2 fully saturated rings. The number of benzene rings is 1. The standard InChI is InChI=1S/C22H21BrN4O5S/c23-16-3-1-15(2-4-16)20(29)26-11-19(28)27-13-22(31-5-6-32-22)8-18(27)21(30)25-10-14-7-17(9-24)33-12-14/h1-4,7,12,18H,5-6,8,10-11,13H2,(H,25,30)(H,26,29)/t18-/m0/s1. The molecular formula is C22H21BrN4O5S. The van der Waals surface area contributed by atoms with Gasteiger partial charge in [0.2, 0.25) is 11.8 Å². The highest BCUT2D eigenvalue weighted by atomic mass is 79.9. The molecule has 0 radical (unpaired) electrons. The molecule has 2 aliphatic rings. The van der Waals surface area contributed by atoms with Crippen molar-refractivity contribution in [3.8, 4) is 6.07 Å². The monoisotopic (exact) mass is 532 g/mol. The van der Waals surface area contributed by atoms with Crippen LogP contribution in [0.3, 0.4) is 0 Å². The number of nitrogens with zero attached hydrogens (tertiary/aromatic N) is 2. The molecule has 1 spiro atoms. The number of hydrogen-bond acceptors (Lipinski definition) is 7. The lowest BCUT2D eigenvalue weighted by molar-refractivity contribution is -0.152. The Balaban J connectivity index is 1.40. The predicted molar refractivity (Wildman–Crippen MR) is 122 cm³/mol. The van der Waals surface area contributed by atoms with Crippen LogP contribution >= 0.6 is 27.3 Å². The third kappa shape index (κ3) is 5.42. The highest BCUT2D eigenvalue weighted by molar-refractivity contribution is 9.10. The fourth-order valence-corrected chi connectivity index (χ4v) is 4.80. The molecule has 1 atom stereocenters. The minimum absolute atomic E-state index is 0.106. The van der Waals surface area contributed by atoms with Crippen LogP contribution in [0.4, 0.5) is 0 Å². The maximum absolute atomic E-state index is 13.0. The van der Waals surface area contributed by atoms with Gasteiger partial charge in [-0.1, -0.05) is 15.9 Å². The summed E-state index contributed by atoms with van der Waals surface area (Å²) in [7, 11) is 0. The molecule has 0 bridgehead atoms. The molecule has 2 aliphatic heterocycles. The number of nitriles is 1. The third-order valence-electron chi connectivity index (χ3n) is 5.47. The molecule has 1 aromatic heterocycles. The van der Waals surface area contributed by atoms with Crippen molar-refractivity contribution in [3.63, 3.8) is 0 Å². The smallest absolute Gasteiger partial charge is 0.251 e. The summed E-state index contributed by atoms with van der Waals surface area (Å²) in [6.07, 6.45) is 0.207. The number of ether oxygens (including phenoxy) is 2. The van der Waals surface area contributed by atoms with Crippen LogP contribution in [0.5, 0.6) is 0 Å². The molecule has 0 aliphatic carbocycles. The van der Waals surface area contributed by atoms with Crippen LogP contribution in [-0.2, 0) is 25.6 Å². The fraction of sp³-hybridized carbons (Fsp3) is 0.364. The summed E-state index contributed by atoms with van der Waals surface area (Å²) in [5, 5.41) is 16.2. The Morgan fingerprint density at radius 1 is 1.21 bits per heavy atom. The van der Waals surface area contributed by atoms with Crippen molar-refractivity contribution < 1.29 is 23.9 Å². The normalized spacial score (nSPS) is 18.8. The second kappa shape index (κ2) is 10.0. The van der Waals surface area contributed by atoms with Gasteiger partial charge in [0, 0.05) is 23.0 Å². The lowest BCUT2D eigenvalue weighted by atomic mass is 10.1. The van der Waals surface area contributed by atoms with Crippen molar-refractivity contribution in [1.82, 2.24) is 15.5 Å². The number of carbonyl (C=O) groups is 3. The van der Waals surface area contributed by atoms with Crippen molar-refractivity contribution in [2.75, 3.05) is 26.3 Å². The predicted octanol–water partition coefficient (Wildman–Crippen LogP) is 1.77. The summed E-state index contributed by atoms with van der Waals surface area (Å²) in [6.45, 7) is 0.871. The van der Waals surface area contributed by atoms with E-state index in [1.165, 1.54) is 16.2 Å². The topological polar surface area (TPSA) is 121 Å². The van der Waals surface area contributed by atoms with E-state index < -0.39 is 17.7 Å². The second-order valence-electron chi connectivity index (χ2n) is 7.69. The van der Waals surface area contributed by atoms with Gasteiger partial charge in [-0.05, 0) is 41.3 Å². The molecule has 3 heterocycles. The summed E-state index contributed by atoms with van der Waals surface area (Å²) < 4.78 is 12.3. The van der Waals surface area contributed by atoms with Crippen LogP contribution in [0.2, 0.25) is 0 Å². The van der Waals surface area contributed by atoms with Gasteiger partial charge in [-0.3, -0.25) is 14.4 Å². The number of thiophene rings is 1. The van der Waals surface area contributed by atoms with Crippen molar-refractivity contribution in [2.24, 2.45) is 0 Å². The van der Waals surface area contributed by atoms with E-state index in [0.29, 0.717) is 23.7 Å². The van der Waals surface area contributed by atoms with Gasteiger partial charge in [0.15, 0.2) is 5.79 Å². The Bertz CT molecular complexity index is 1090. The van der Waals surface area contributed by atoms with E-state index in [0.717, 1.165) is 10.0 Å². The Hall–Kier alpha value is -2.78. The van der Waals surface area contributed by atoms with E-state index in [9.17, 15) is 14.4 Å². The molecule has 9 nitrogen and oxygen atoms in total. The van der Waals surface area contributed by atoms with Crippen LogP contribution < -0.4 is 10.6 Å². The minimum Gasteiger partial charge on any atom is -0.350 e. The Morgan fingerprint density at radius 3 is 2.61 bits per heavy atom. The third-order valence-corrected chi connectivity index (χ3v) is 6.88. The Kier molecular flexibility index (Phi) is 7.09. The number of nitrogens with one attached hydrogen (secondary N) is 2. The zero-order chi connectivity index (χ0) is 23.4. The molecule has 11 heteroatoms. The van der Waals surface area contributed by atoms with Crippen LogP contribution in [0.15, 0.2) is 40.2 Å². The van der Waals surface area contributed by atoms with Gasteiger partial charge in [-0.25, -0.2) is 0 Å². The first-order chi connectivity index (χ1) is 15.9. The van der Waals surface area contributed by atoms with E-state index in [1.54, 1.807) is 35.7 Å². The maximum Gasteiger partial charge on any atom is 0.251 e. The van der Waals surface area contributed by atoms with Crippen LogP contribution in [0.25, 0.3) is 0 Å². The molecule has 2 N–H and O–H groups in total. The summed E-state index contributed by atoms with van der Waals surface area (Å²) in [6, 6.07) is 9.75. The molecule has 1 aromatic carbocycles. The zero-order valence-corrected chi connectivity index (χ0v) is 19.9. The number of likely N-dealkylation sites (tertiary alicyclic amines) is 1. The van der Waals surface area contributed by atoms with Gasteiger partial charge in [0.05, 0.1) is 26.3 Å². The van der Waals surface area contributed by atoms with Gasteiger partial charge >= 0.3 is 0 Å². The molecule has 172 valence electrons. The van der Waals surface area contributed by atoms with Crippen LogP contribution in [-0.4, -0.2) is 60.8 Å². The van der Waals surface area contributed by atoms with Crippen LogP contribution in [0, 0.1) is 11.3 Å². The first-order valence-corrected chi connectivity index (χ1v) is 11.9. The Labute approximate surface area is 202 Å². The highest BCUT2D eigenvalue weighted by Gasteiger charge is 2.52. The van der Waals surface area contributed by atoms with Crippen molar-refractivity contribution in [1.29, 1.82) is 5.26 Å². The van der Waals surface area contributed by atoms with Gasteiger partial charge < -0.3 is 25.0 Å². The average molecular weight is 533 g/mol. The summed E-state index contributed by atoms with van der Waals surface area (Å²) in [4.78, 5) is 40.3. The molecule has 2 aromatic rings. The first-order valence-electron chi connectivity index (χ1n) is 10.3. The average Bonchev–Trinajstić information content (AvgIpc) is 3.56.